The molecule has 8 heteroatoms. The third-order valence-electron chi connectivity index (χ3n) is 1.97. The van der Waals surface area contributed by atoms with Gasteiger partial charge in [-0.15, -0.1) is 5.10 Å². The molecular weight excluding hydrogens is 214 g/mol. The van der Waals surface area contributed by atoms with Crippen molar-refractivity contribution in [2.24, 2.45) is 7.05 Å². The van der Waals surface area contributed by atoms with E-state index >= 15 is 0 Å². The second-order valence-electron chi connectivity index (χ2n) is 3.01. The minimum absolute atomic E-state index is 0.0987. The fraction of sp³-hybridized carbons (Fsp3) is 0.375. The van der Waals surface area contributed by atoms with Crippen LogP contribution in [0.3, 0.4) is 0 Å². The fourth-order valence-corrected chi connectivity index (χ4v) is 1.22. The maximum Gasteiger partial charge on any atom is 0.368 e. The van der Waals surface area contributed by atoms with Gasteiger partial charge in [-0.2, -0.15) is 14.3 Å². The van der Waals surface area contributed by atoms with Gasteiger partial charge in [-0.3, -0.25) is 0 Å². The van der Waals surface area contributed by atoms with E-state index in [9.17, 15) is 9.59 Å². The summed E-state index contributed by atoms with van der Waals surface area (Å²) in [5.41, 5.74) is -0.242. The summed E-state index contributed by atoms with van der Waals surface area (Å²) >= 11 is 0. The highest BCUT2D eigenvalue weighted by atomic mass is 16.5. The minimum Gasteiger partial charge on any atom is -0.462 e. The fourth-order valence-electron chi connectivity index (χ4n) is 1.22. The van der Waals surface area contributed by atoms with Crippen LogP contribution in [0, 0.1) is 0 Å². The molecular formula is C8H9N5O3. The van der Waals surface area contributed by atoms with Crippen LogP contribution in [0.4, 0.5) is 0 Å². The first kappa shape index (κ1) is 10.3. The summed E-state index contributed by atoms with van der Waals surface area (Å²) in [6.45, 7) is 1.93. The third kappa shape index (κ3) is 1.44. The van der Waals surface area contributed by atoms with Crippen molar-refractivity contribution in [1.29, 1.82) is 0 Å². The van der Waals surface area contributed by atoms with Crippen LogP contribution in [0.1, 0.15) is 17.3 Å². The van der Waals surface area contributed by atoms with Crippen LogP contribution in [0.25, 0.3) is 5.65 Å². The maximum atomic E-state index is 11.5. The summed E-state index contributed by atoms with van der Waals surface area (Å²) < 4.78 is 6.82. The molecule has 0 radical (unpaired) electrons. The Morgan fingerprint density at radius 2 is 2.31 bits per heavy atom. The second kappa shape index (κ2) is 3.72. The zero-order valence-corrected chi connectivity index (χ0v) is 8.75. The Kier molecular flexibility index (Phi) is 2.39. The lowest BCUT2D eigenvalue weighted by Gasteiger charge is -1.98. The molecule has 2 heterocycles. The van der Waals surface area contributed by atoms with E-state index in [1.165, 1.54) is 13.2 Å². The van der Waals surface area contributed by atoms with Crippen LogP contribution < -0.4 is 5.69 Å². The van der Waals surface area contributed by atoms with Crippen LogP contribution >= 0.6 is 0 Å². The molecule has 0 spiro atoms. The molecule has 0 saturated carbocycles. The summed E-state index contributed by atoms with van der Waals surface area (Å²) in [6.07, 6.45) is 1.24. The van der Waals surface area contributed by atoms with Gasteiger partial charge in [0.25, 0.3) is 0 Å². The SMILES string of the molecule is CCOC(=O)c1cnn2c(=O)n(C)nnc12. The standard InChI is InChI=1S/C8H9N5O3/c1-3-16-7(14)5-4-9-13-6(5)10-11-12(2)8(13)15/h4H,3H2,1-2H3. The van der Waals surface area contributed by atoms with Crippen molar-refractivity contribution in [3.05, 3.63) is 22.2 Å². The van der Waals surface area contributed by atoms with Gasteiger partial charge in [-0.05, 0) is 6.92 Å². The Bertz CT molecular complexity index is 599. The Hall–Kier alpha value is -2.25. The molecule has 2 rings (SSSR count). The molecule has 0 amide bonds. The molecule has 0 aliphatic carbocycles. The molecule has 0 aliphatic rings. The molecule has 0 N–H and O–H groups in total. The quantitative estimate of drug-likeness (QED) is 0.606. The molecule has 0 aliphatic heterocycles. The van der Waals surface area contributed by atoms with Gasteiger partial charge in [0.1, 0.15) is 5.56 Å². The number of hydrogen-bond acceptors (Lipinski definition) is 6. The molecule has 0 saturated heterocycles. The number of ether oxygens (including phenoxy) is 1. The van der Waals surface area contributed by atoms with Gasteiger partial charge in [0.2, 0.25) is 0 Å². The second-order valence-corrected chi connectivity index (χ2v) is 3.01. The number of hydrogen-bond donors (Lipinski definition) is 0. The summed E-state index contributed by atoms with van der Waals surface area (Å²) in [5, 5.41) is 11.0. The average molecular weight is 223 g/mol. The number of aryl methyl sites for hydroxylation is 1. The normalized spacial score (nSPS) is 10.6. The largest absolute Gasteiger partial charge is 0.462 e. The van der Waals surface area contributed by atoms with Crippen LogP contribution in [-0.4, -0.2) is 37.2 Å². The molecule has 16 heavy (non-hydrogen) atoms. The first-order valence-corrected chi connectivity index (χ1v) is 4.60. The van der Waals surface area contributed by atoms with E-state index in [1.54, 1.807) is 6.92 Å². The van der Waals surface area contributed by atoms with Gasteiger partial charge in [-0.1, -0.05) is 5.21 Å². The van der Waals surface area contributed by atoms with Crippen molar-refractivity contribution >= 4 is 11.6 Å². The molecule has 0 unspecified atom stereocenters. The minimum atomic E-state index is -0.569. The predicted molar refractivity (Wildman–Crippen MR) is 52.0 cm³/mol. The van der Waals surface area contributed by atoms with E-state index in [4.69, 9.17) is 4.74 Å². The Morgan fingerprint density at radius 1 is 1.56 bits per heavy atom. The lowest BCUT2D eigenvalue weighted by Crippen LogP contribution is -2.28. The van der Waals surface area contributed by atoms with E-state index < -0.39 is 11.7 Å². The van der Waals surface area contributed by atoms with E-state index in [0.29, 0.717) is 0 Å². The van der Waals surface area contributed by atoms with Gasteiger partial charge in [0.05, 0.1) is 12.8 Å². The third-order valence-corrected chi connectivity index (χ3v) is 1.97. The van der Waals surface area contributed by atoms with Gasteiger partial charge in [0.15, 0.2) is 5.65 Å². The van der Waals surface area contributed by atoms with Crippen molar-refractivity contribution < 1.29 is 9.53 Å². The number of esters is 1. The molecule has 84 valence electrons. The van der Waals surface area contributed by atoms with Crippen molar-refractivity contribution in [3.8, 4) is 0 Å². The highest BCUT2D eigenvalue weighted by molar-refractivity contribution is 5.95. The zero-order valence-electron chi connectivity index (χ0n) is 8.75. The highest BCUT2D eigenvalue weighted by Gasteiger charge is 2.17. The van der Waals surface area contributed by atoms with Crippen LogP contribution in [0.2, 0.25) is 0 Å². The molecule has 0 fully saturated rings. The zero-order chi connectivity index (χ0) is 11.7. The van der Waals surface area contributed by atoms with Crippen molar-refractivity contribution in [1.82, 2.24) is 24.6 Å². The predicted octanol–water partition coefficient (Wildman–Crippen LogP) is -1.00. The summed E-state index contributed by atoms with van der Waals surface area (Å²) in [6, 6.07) is 0. The van der Waals surface area contributed by atoms with Crippen molar-refractivity contribution in [2.75, 3.05) is 6.61 Å². The number of nitrogens with zero attached hydrogens (tertiary/aromatic N) is 5. The Labute approximate surface area is 89.4 Å². The van der Waals surface area contributed by atoms with Crippen LogP contribution in [-0.2, 0) is 11.8 Å². The van der Waals surface area contributed by atoms with Gasteiger partial charge in [0, 0.05) is 7.05 Å². The van der Waals surface area contributed by atoms with Crippen molar-refractivity contribution in [3.63, 3.8) is 0 Å². The number of fused-ring (bicyclic) bond motifs is 1. The first-order valence-electron chi connectivity index (χ1n) is 4.60. The number of carbonyl (C=O) groups is 1. The Morgan fingerprint density at radius 3 is 3.00 bits per heavy atom. The summed E-state index contributed by atoms with van der Waals surface area (Å²) in [5.74, 6) is -0.569. The number of carbonyl (C=O) groups excluding carboxylic acids is 1. The summed E-state index contributed by atoms with van der Waals surface area (Å²) in [7, 11) is 1.44. The lowest BCUT2D eigenvalue weighted by atomic mass is 10.3. The number of rotatable bonds is 2. The highest BCUT2D eigenvalue weighted by Crippen LogP contribution is 2.05. The molecule has 0 aromatic carbocycles. The monoisotopic (exact) mass is 223 g/mol. The average Bonchev–Trinajstić information content (AvgIpc) is 2.68. The van der Waals surface area contributed by atoms with E-state index in [2.05, 4.69) is 15.4 Å². The molecule has 8 nitrogen and oxygen atoms in total. The van der Waals surface area contributed by atoms with Crippen LogP contribution in [0.5, 0.6) is 0 Å². The smallest absolute Gasteiger partial charge is 0.368 e. The van der Waals surface area contributed by atoms with Crippen LogP contribution in [0.15, 0.2) is 11.0 Å². The van der Waals surface area contributed by atoms with Gasteiger partial charge < -0.3 is 4.74 Å². The number of aromatic nitrogens is 5. The van der Waals surface area contributed by atoms with Gasteiger partial charge >= 0.3 is 11.7 Å². The lowest BCUT2D eigenvalue weighted by molar-refractivity contribution is 0.0528. The summed E-state index contributed by atoms with van der Waals surface area (Å²) in [4.78, 5) is 23.0. The van der Waals surface area contributed by atoms with E-state index in [0.717, 1.165) is 9.20 Å². The topological polar surface area (TPSA) is 91.4 Å². The van der Waals surface area contributed by atoms with Gasteiger partial charge in [-0.25, -0.2) is 9.59 Å². The molecule has 2 aromatic heterocycles. The maximum absolute atomic E-state index is 11.5. The Balaban J connectivity index is 2.63. The van der Waals surface area contributed by atoms with Crippen molar-refractivity contribution in [2.45, 2.75) is 6.92 Å². The van der Waals surface area contributed by atoms with E-state index in [1.807, 2.05) is 0 Å². The molecule has 2 aromatic rings. The molecule has 0 atom stereocenters. The first-order chi connectivity index (χ1) is 7.65. The molecule has 0 bridgehead atoms. The van der Waals surface area contributed by atoms with E-state index in [-0.39, 0.29) is 17.8 Å².